The van der Waals surface area contributed by atoms with Crippen molar-refractivity contribution < 1.29 is 19.2 Å². The van der Waals surface area contributed by atoms with Crippen LogP contribution in [0.15, 0.2) is 48.8 Å². The first-order valence-corrected chi connectivity index (χ1v) is 19.6. The molecule has 1 unspecified atom stereocenters. The summed E-state index contributed by atoms with van der Waals surface area (Å²) in [7, 11) is 3.55. The van der Waals surface area contributed by atoms with Crippen molar-refractivity contribution >= 4 is 63.5 Å². The summed E-state index contributed by atoms with van der Waals surface area (Å²) in [6.07, 6.45) is 10.7. The van der Waals surface area contributed by atoms with Gasteiger partial charge in [-0.2, -0.15) is 4.98 Å². The fourth-order valence-corrected chi connectivity index (χ4v) is 9.63. The van der Waals surface area contributed by atoms with Crippen molar-refractivity contribution in [3.05, 3.63) is 60.0 Å². The first kappa shape index (κ1) is 35.2. The van der Waals surface area contributed by atoms with Gasteiger partial charge in [-0.1, -0.05) is 18.9 Å². The minimum atomic E-state index is -0.788. The molecule has 286 valence electrons. The predicted octanol–water partition coefficient (Wildman–Crippen LogP) is 4.92. The van der Waals surface area contributed by atoms with Crippen LogP contribution in [0.3, 0.4) is 0 Å². The van der Waals surface area contributed by atoms with Gasteiger partial charge in [0, 0.05) is 81.0 Å². The monoisotopic (exact) mass is 744 g/mol. The molecule has 14 nitrogen and oxygen atoms in total. The number of anilines is 5. The van der Waals surface area contributed by atoms with Crippen molar-refractivity contribution in [3.8, 4) is 0 Å². The molecule has 0 radical (unpaired) electrons. The molecule has 1 saturated carbocycles. The van der Waals surface area contributed by atoms with Crippen molar-refractivity contribution in [1.82, 2.24) is 29.7 Å². The van der Waals surface area contributed by atoms with Crippen LogP contribution in [-0.2, 0) is 19.8 Å². The third-order valence-corrected chi connectivity index (χ3v) is 12.6. The summed E-state index contributed by atoms with van der Waals surface area (Å²) in [5.41, 5.74) is 4.71. The van der Waals surface area contributed by atoms with Crippen LogP contribution in [0.1, 0.15) is 87.3 Å². The molecule has 1 spiro atoms. The fourth-order valence-electron chi connectivity index (χ4n) is 9.63. The van der Waals surface area contributed by atoms with Gasteiger partial charge < -0.3 is 24.6 Å². The highest BCUT2D eigenvalue weighted by Gasteiger charge is 2.53. The Bertz CT molecular complexity index is 2210. The molecule has 0 bridgehead atoms. The van der Waals surface area contributed by atoms with Gasteiger partial charge in [-0.3, -0.25) is 29.4 Å². The summed E-state index contributed by atoms with van der Waals surface area (Å²) in [6.45, 7) is 7.57. The van der Waals surface area contributed by atoms with Crippen LogP contribution in [0.4, 0.5) is 28.8 Å². The Labute approximate surface area is 320 Å². The minimum Gasteiger partial charge on any atom is -0.370 e. The maximum Gasteiger partial charge on any atom is 0.270 e. The van der Waals surface area contributed by atoms with Gasteiger partial charge in [0.1, 0.15) is 23.2 Å². The second kappa shape index (κ2) is 13.1. The highest BCUT2D eigenvalue weighted by molar-refractivity contribution is 6.15. The first-order chi connectivity index (χ1) is 26.4. The molecule has 3 saturated heterocycles. The fraction of sp³-hybridized carbons (Fsp3) is 0.488. The standard InChI is InChI=1S/C41H48N10O4/c1-40(2)34-28(10-7-11-29(34)51(38(40)55)30-13-15-33(52)45-36(30)53)49-23-41(24-49)16-18-48(19-17-41)27-12-14-32(42-22-27)44-39-43-21-25-20-31(37(54)47(3)4)50(35(25)46-39)26-8-5-6-9-26/h7,10-12,14,20-22,26,30H,5-6,8-9,13,15-19,23-24H2,1-4H3,(H,45,52,53)(H,42,43,44,46). The van der Waals surface area contributed by atoms with E-state index in [4.69, 9.17) is 9.97 Å². The smallest absolute Gasteiger partial charge is 0.270 e. The number of aromatic nitrogens is 4. The number of hydrogen-bond donors (Lipinski definition) is 2. The Kier molecular flexibility index (Phi) is 8.35. The quantitative estimate of drug-likeness (QED) is 0.250. The molecule has 1 aliphatic carbocycles. The highest BCUT2D eigenvalue weighted by Crippen LogP contribution is 2.52. The molecular weight excluding hydrogens is 697 g/mol. The Balaban J connectivity index is 0.853. The van der Waals surface area contributed by atoms with Crippen LogP contribution in [0.25, 0.3) is 11.0 Å². The van der Waals surface area contributed by atoms with E-state index in [1.807, 2.05) is 44.3 Å². The number of hydrogen-bond acceptors (Lipinski definition) is 10. The Morgan fingerprint density at radius 3 is 2.36 bits per heavy atom. The molecule has 1 atom stereocenters. The van der Waals surface area contributed by atoms with Gasteiger partial charge in [-0.05, 0) is 76.3 Å². The van der Waals surface area contributed by atoms with Crippen LogP contribution < -0.4 is 25.3 Å². The maximum absolute atomic E-state index is 13.8. The third kappa shape index (κ3) is 5.88. The summed E-state index contributed by atoms with van der Waals surface area (Å²) in [5, 5.41) is 6.56. The van der Waals surface area contributed by atoms with E-state index in [2.05, 4.69) is 42.1 Å². The Hall–Kier alpha value is -5.53. The number of nitrogens with one attached hydrogen (secondary N) is 2. The van der Waals surface area contributed by atoms with Crippen LogP contribution in [-0.4, -0.2) is 94.4 Å². The highest BCUT2D eigenvalue weighted by atomic mass is 16.2. The number of amides is 4. The molecule has 5 aliphatic rings. The van der Waals surface area contributed by atoms with E-state index in [1.54, 1.807) is 30.1 Å². The molecule has 2 N–H and O–H groups in total. The predicted molar refractivity (Wildman–Crippen MR) is 210 cm³/mol. The lowest BCUT2D eigenvalue weighted by molar-refractivity contribution is -0.136. The molecule has 7 heterocycles. The molecule has 4 aliphatic heterocycles. The molecule has 3 aromatic heterocycles. The molecule has 4 amide bonds. The van der Waals surface area contributed by atoms with Gasteiger partial charge in [0.15, 0.2) is 0 Å². The largest absolute Gasteiger partial charge is 0.370 e. The topological polar surface area (TPSA) is 149 Å². The first-order valence-electron chi connectivity index (χ1n) is 19.6. The molecule has 4 fully saturated rings. The number of fused-ring (bicyclic) bond motifs is 2. The number of benzene rings is 1. The number of rotatable bonds is 7. The minimum absolute atomic E-state index is 0.0314. The lowest BCUT2D eigenvalue weighted by Gasteiger charge is -2.56. The summed E-state index contributed by atoms with van der Waals surface area (Å²) in [6, 6.07) is 11.5. The molecule has 1 aromatic carbocycles. The van der Waals surface area contributed by atoms with Crippen molar-refractivity contribution in [1.29, 1.82) is 0 Å². The number of carbonyl (C=O) groups excluding carboxylic acids is 4. The zero-order valence-corrected chi connectivity index (χ0v) is 32.0. The summed E-state index contributed by atoms with van der Waals surface area (Å²) < 4.78 is 2.12. The maximum atomic E-state index is 13.8. The van der Waals surface area contributed by atoms with Gasteiger partial charge in [0.2, 0.25) is 23.7 Å². The van der Waals surface area contributed by atoms with Crippen molar-refractivity contribution in [2.75, 3.05) is 60.3 Å². The van der Waals surface area contributed by atoms with E-state index in [0.717, 1.165) is 98.4 Å². The van der Waals surface area contributed by atoms with Gasteiger partial charge >= 0.3 is 0 Å². The van der Waals surface area contributed by atoms with E-state index in [-0.39, 0.29) is 35.6 Å². The normalized spacial score (nSPS) is 21.9. The number of piperidine rings is 2. The van der Waals surface area contributed by atoms with Crippen LogP contribution in [0, 0.1) is 5.41 Å². The number of nitrogens with zero attached hydrogens (tertiary/aromatic N) is 8. The van der Waals surface area contributed by atoms with Crippen LogP contribution in [0.5, 0.6) is 0 Å². The Morgan fingerprint density at radius 1 is 0.927 bits per heavy atom. The van der Waals surface area contributed by atoms with Gasteiger partial charge in [-0.15, -0.1) is 0 Å². The SMILES string of the molecule is CN(C)C(=O)c1cc2cnc(Nc3ccc(N4CCC5(CC4)CN(c4cccc6c4C(C)(C)C(=O)N6C4CCC(=O)NC4=O)C5)cn3)nc2n1C1CCCC1. The van der Waals surface area contributed by atoms with Gasteiger partial charge in [0.25, 0.3) is 5.91 Å². The lowest BCUT2D eigenvalue weighted by atomic mass is 9.71. The van der Waals surface area contributed by atoms with E-state index >= 15 is 0 Å². The van der Waals surface area contributed by atoms with Gasteiger partial charge in [0.05, 0.1) is 23.0 Å². The second-order valence-electron chi connectivity index (χ2n) is 16.8. The number of imide groups is 1. The average Bonchev–Trinajstić information content (AvgIpc) is 3.87. The molecular formula is C41H48N10O4. The average molecular weight is 745 g/mol. The molecule has 9 rings (SSSR count). The van der Waals surface area contributed by atoms with Gasteiger partial charge in [-0.25, -0.2) is 9.97 Å². The number of carbonyl (C=O) groups is 4. The zero-order valence-electron chi connectivity index (χ0n) is 32.0. The second-order valence-corrected chi connectivity index (χ2v) is 16.8. The van der Waals surface area contributed by atoms with E-state index < -0.39 is 17.4 Å². The van der Waals surface area contributed by atoms with Crippen molar-refractivity contribution in [2.24, 2.45) is 5.41 Å². The summed E-state index contributed by atoms with van der Waals surface area (Å²) >= 11 is 0. The van der Waals surface area contributed by atoms with Crippen LogP contribution >= 0.6 is 0 Å². The molecule has 4 aromatic rings. The van der Waals surface area contributed by atoms with Crippen molar-refractivity contribution in [2.45, 2.75) is 82.7 Å². The zero-order chi connectivity index (χ0) is 38.2. The molecule has 14 heteroatoms. The van der Waals surface area contributed by atoms with E-state index in [1.165, 1.54) is 0 Å². The number of pyridine rings is 1. The Morgan fingerprint density at radius 2 is 1.67 bits per heavy atom. The van der Waals surface area contributed by atoms with E-state index in [0.29, 0.717) is 23.9 Å². The summed E-state index contributed by atoms with van der Waals surface area (Å²) in [5.74, 6) is 0.281. The van der Waals surface area contributed by atoms with Crippen molar-refractivity contribution in [3.63, 3.8) is 0 Å². The summed E-state index contributed by atoms with van der Waals surface area (Å²) in [4.78, 5) is 73.8. The molecule has 55 heavy (non-hydrogen) atoms. The lowest BCUT2D eigenvalue weighted by Crippen LogP contribution is -2.61. The third-order valence-electron chi connectivity index (χ3n) is 12.6. The van der Waals surface area contributed by atoms with E-state index in [9.17, 15) is 19.2 Å². The van der Waals surface area contributed by atoms with Crippen LogP contribution in [0.2, 0.25) is 0 Å².